The van der Waals surface area contributed by atoms with Crippen molar-refractivity contribution in [1.82, 2.24) is 0 Å². The normalized spacial score (nSPS) is 15.2. The molecule has 0 radical (unpaired) electrons. The number of nitrogens with one attached hydrogen (secondary N) is 2. The minimum absolute atomic E-state index is 0.00738. The van der Waals surface area contributed by atoms with Gasteiger partial charge in [-0.3, -0.25) is 5.41 Å². The summed E-state index contributed by atoms with van der Waals surface area (Å²) in [5.74, 6) is 0.00738. The highest BCUT2D eigenvalue weighted by Crippen LogP contribution is 2.27. The van der Waals surface area contributed by atoms with Crippen LogP contribution in [0.2, 0.25) is 5.02 Å². The van der Waals surface area contributed by atoms with Gasteiger partial charge in [-0.25, -0.2) is 0 Å². The largest absolute Gasteiger partial charge is 0.384 e. The van der Waals surface area contributed by atoms with Gasteiger partial charge in [-0.15, -0.1) is 0 Å². The number of hydrogen-bond donors (Lipinski definition) is 3. The van der Waals surface area contributed by atoms with E-state index >= 15 is 0 Å². The SMILES string of the molecule is N=C(N)c1ccc(NC2CC2)cc1Cl. The first-order valence-corrected chi connectivity index (χ1v) is 4.95. The van der Waals surface area contributed by atoms with Gasteiger partial charge >= 0.3 is 0 Å². The van der Waals surface area contributed by atoms with Crippen LogP contribution < -0.4 is 11.1 Å². The molecule has 0 bridgehead atoms. The Balaban J connectivity index is 2.20. The van der Waals surface area contributed by atoms with E-state index in [4.69, 9.17) is 22.7 Å². The molecule has 0 atom stereocenters. The van der Waals surface area contributed by atoms with Crippen molar-refractivity contribution >= 4 is 23.1 Å². The van der Waals surface area contributed by atoms with Crippen LogP contribution in [0, 0.1) is 5.41 Å². The Kier molecular flexibility index (Phi) is 2.33. The van der Waals surface area contributed by atoms with Gasteiger partial charge in [-0.2, -0.15) is 0 Å². The molecule has 1 aromatic carbocycles. The average Bonchev–Trinajstić information content (AvgIpc) is 2.87. The van der Waals surface area contributed by atoms with Crippen molar-refractivity contribution in [2.24, 2.45) is 5.73 Å². The highest BCUT2D eigenvalue weighted by Gasteiger charge is 2.20. The molecule has 0 amide bonds. The molecular formula is C10H12ClN3. The monoisotopic (exact) mass is 209 g/mol. The van der Waals surface area contributed by atoms with Crippen LogP contribution in [0.15, 0.2) is 18.2 Å². The fraction of sp³-hybridized carbons (Fsp3) is 0.300. The first-order valence-electron chi connectivity index (χ1n) is 4.57. The Morgan fingerprint density at radius 1 is 1.50 bits per heavy atom. The van der Waals surface area contributed by atoms with Gasteiger partial charge in [-0.1, -0.05) is 11.6 Å². The van der Waals surface area contributed by atoms with Crippen LogP contribution >= 0.6 is 11.6 Å². The standard InChI is InChI=1S/C10H12ClN3/c11-9-5-7(14-6-1-2-6)3-4-8(9)10(12)13/h3-6,14H,1-2H2,(H3,12,13). The van der Waals surface area contributed by atoms with Crippen molar-refractivity contribution < 1.29 is 0 Å². The van der Waals surface area contributed by atoms with Crippen LogP contribution in [0.1, 0.15) is 18.4 Å². The van der Waals surface area contributed by atoms with Gasteiger partial charge in [0.25, 0.3) is 0 Å². The van der Waals surface area contributed by atoms with Crippen LogP contribution in [-0.4, -0.2) is 11.9 Å². The third-order valence-corrected chi connectivity index (χ3v) is 2.52. The minimum atomic E-state index is 0.00738. The lowest BCUT2D eigenvalue weighted by Gasteiger charge is -2.07. The summed E-state index contributed by atoms with van der Waals surface area (Å²) in [5.41, 5.74) is 6.95. The molecule has 4 N–H and O–H groups in total. The number of halogens is 1. The van der Waals surface area contributed by atoms with Crippen LogP contribution in [0.5, 0.6) is 0 Å². The van der Waals surface area contributed by atoms with Gasteiger partial charge in [0.1, 0.15) is 5.84 Å². The number of rotatable bonds is 3. The van der Waals surface area contributed by atoms with Gasteiger partial charge in [-0.05, 0) is 31.0 Å². The number of benzene rings is 1. The van der Waals surface area contributed by atoms with Crippen molar-refractivity contribution in [2.75, 3.05) is 5.32 Å². The molecule has 3 nitrogen and oxygen atoms in total. The quantitative estimate of drug-likeness (QED) is 0.528. The molecule has 1 aliphatic rings. The van der Waals surface area contributed by atoms with E-state index in [1.54, 1.807) is 6.07 Å². The zero-order valence-electron chi connectivity index (χ0n) is 7.68. The number of anilines is 1. The maximum absolute atomic E-state index is 7.27. The lowest BCUT2D eigenvalue weighted by molar-refractivity contribution is 1.16. The Labute approximate surface area is 87.8 Å². The maximum Gasteiger partial charge on any atom is 0.124 e. The lowest BCUT2D eigenvalue weighted by atomic mass is 10.2. The van der Waals surface area contributed by atoms with E-state index < -0.39 is 0 Å². The Morgan fingerprint density at radius 3 is 2.71 bits per heavy atom. The molecule has 0 unspecified atom stereocenters. The summed E-state index contributed by atoms with van der Waals surface area (Å²) in [5, 5.41) is 11.1. The molecule has 0 aliphatic heterocycles. The zero-order valence-corrected chi connectivity index (χ0v) is 8.43. The molecule has 1 saturated carbocycles. The van der Waals surface area contributed by atoms with Gasteiger partial charge < -0.3 is 11.1 Å². The van der Waals surface area contributed by atoms with Crippen molar-refractivity contribution in [3.05, 3.63) is 28.8 Å². The summed E-state index contributed by atoms with van der Waals surface area (Å²) >= 11 is 5.97. The molecule has 2 rings (SSSR count). The molecule has 1 aromatic rings. The van der Waals surface area contributed by atoms with E-state index in [1.807, 2.05) is 12.1 Å². The second-order valence-corrected chi connectivity index (χ2v) is 3.93. The van der Waals surface area contributed by atoms with E-state index in [2.05, 4.69) is 5.32 Å². The first kappa shape index (κ1) is 9.34. The third kappa shape index (κ3) is 1.99. The summed E-state index contributed by atoms with van der Waals surface area (Å²) in [6.45, 7) is 0. The number of amidine groups is 1. The zero-order chi connectivity index (χ0) is 10.1. The summed E-state index contributed by atoms with van der Waals surface area (Å²) in [4.78, 5) is 0. The fourth-order valence-electron chi connectivity index (χ4n) is 1.29. The highest BCUT2D eigenvalue weighted by molar-refractivity contribution is 6.34. The second-order valence-electron chi connectivity index (χ2n) is 3.53. The summed E-state index contributed by atoms with van der Waals surface area (Å²) in [6.07, 6.45) is 2.46. The van der Waals surface area contributed by atoms with Crippen molar-refractivity contribution in [3.63, 3.8) is 0 Å². The molecule has 0 saturated heterocycles. The molecule has 0 aromatic heterocycles. The lowest BCUT2D eigenvalue weighted by Crippen LogP contribution is -2.12. The molecule has 1 aliphatic carbocycles. The molecule has 14 heavy (non-hydrogen) atoms. The number of nitrogens with two attached hydrogens (primary N) is 1. The predicted molar refractivity (Wildman–Crippen MR) is 59.1 cm³/mol. The molecular weight excluding hydrogens is 198 g/mol. The van der Waals surface area contributed by atoms with Crippen LogP contribution in [0.4, 0.5) is 5.69 Å². The van der Waals surface area contributed by atoms with Crippen molar-refractivity contribution in [3.8, 4) is 0 Å². The number of hydrogen-bond acceptors (Lipinski definition) is 2. The summed E-state index contributed by atoms with van der Waals surface area (Å²) in [6, 6.07) is 6.10. The van der Waals surface area contributed by atoms with Gasteiger partial charge in [0.05, 0.1) is 5.02 Å². The van der Waals surface area contributed by atoms with E-state index in [1.165, 1.54) is 12.8 Å². The van der Waals surface area contributed by atoms with Crippen molar-refractivity contribution in [2.45, 2.75) is 18.9 Å². The Bertz CT molecular complexity index is 372. The average molecular weight is 210 g/mol. The van der Waals surface area contributed by atoms with Crippen LogP contribution in [0.25, 0.3) is 0 Å². The van der Waals surface area contributed by atoms with E-state index in [9.17, 15) is 0 Å². The van der Waals surface area contributed by atoms with E-state index in [-0.39, 0.29) is 5.84 Å². The second kappa shape index (κ2) is 3.50. The van der Waals surface area contributed by atoms with Crippen molar-refractivity contribution in [1.29, 1.82) is 5.41 Å². The highest BCUT2D eigenvalue weighted by atomic mass is 35.5. The van der Waals surface area contributed by atoms with Gasteiger partial charge in [0.2, 0.25) is 0 Å². The fourth-order valence-corrected chi connectivity index (χ4v) is 1.57. The van der Waals surface area contributed by atoms with E-state index in [0.717, 1.165) is 5.69 Å². The molecule has 4 heteroatoms. The van der Waals surface area contributed by atoms with Crippen LogP contribution in [0.3, 0.4) is 0 Å². The Morgan fingerprint density at radius 2 is 2.21 bits per heavy atom. The smallest absolute Gasteiger partial charge is 0.124 e. The van der Waals surface area contributed by atoms with Gasteiger partial charge in [0.15, 0.2) is 0 Å². The van der Waals surface area contributed by atoms with Crippen LogP contribution in [-0.2, 0) is 0 Å². The first-order chi connectivity index (χ1) is 6.66. The predicted octanol–water partition coefficient (Wildman–Crippen LogP) is 2.20. The summed E-state index contributed by atoms with van der Waals surface area (Å²) in [7, 11) is 0. The maximum atomic E-state index is 7.27. The molecule has 74 valence electrons. The third-order valence-electron chi connectivity index (χ3n) is 2.21. The molecule has 0 heterocycles. The molecule has 0 spiro atoms. The number of nitrogen functional groups attached to an aromatic ring is 1. The molecule has 1 fully saturated rings. The summed E-state index contributed by atoms with van der Waals surface area (Å²) < 4.78 is 0. The Hall–Kier alpha value is -1.22. The van der Waals surface area contributed by atoms with Gasteiger partial charge in [0, 0.05) is 17.3 Å². The topological polar surface area (TPSA) is 61.9 Å². The minimum Gasteiger partial charge on any atom is -0.384 e. The van der Waals surface area contributed by atoms with E-state index in [0.29, 0.717) is 16.6 Å².